The molecule has 0 spiro atoms. The SMILES string of the molecule is CCOc1ccc(-c2nnc(-c3ccc(N)cc3)o2)cc1OC. The summed E-state index contributed by atoms with van der Waals surface area (Å²) in [5, 5.41) is 8.17. The van der Waals surface area contributed by atoms with Crippen molar-refractivity contribution in [2.24, 2.45) is 0 Å². The molecule has 6 nitrogen and oxygen atoms in total. The van der Waals surface area contributed by atoms with E-state index in [-0.39, 0.29) is 0 Å². The van der Waals surface area contributed by atoms with Crippen molar-refractivity contribution in [1.29, 1.82) is 0 Å². The normalized spacial score (nSPS) is 10.5. The van der Waals surface area contributed by atoms with E-state index in [4.69, 9.17) is 19.6 Å². The maximum Gasteiger partial charge on any atom is 0.248 e. The third-order valence-electron chi connectivity index (χ3n) is 3.29. The van der Waals surface area contributed by atoms with Gasteiger partial charge in [0.05, 0.1) is 13.7 Å². The van der Waals surface area contributed by atoms with Crippen LogP contribution in [0.1, 0.15) is 6.92 Å². The van der Waals surface area contributed by atoms with Crippen LogP contribution in [0.15, 0.2) is 46.9 Å². The van der Waals surface area contributed by atoms with Crippen LogP contribution in [0.5, 0.6) is 11.5 Å². The van der Waals surface area contributed by atoms with E-state index in [1.54, 1.807) is 19.2 Å². The highest BCUT2D eigenvalue weighted by Gasteiger charge is 2.13. The van der Waals surface area contributed by atoms with Gasteiger partial charge in [-0.05, 0) is 49.4 Å². The Balaban J connectivity index is 1.92. The number of benzene rings is 2. The molecule has 0 atom stereocenters. The monoisotopic (exact) mass is 311 g/mol. The fourth-order valence-corrected chi connectivity index (χ4v) is 2.16. The Labute approximate surface area is 133 Å². The van der Waals surface area contributed by atoms with Crippen LogP contribution in [0.4, 0.5) is 5.69 Å². The first-order chi connectivity index (χ1) is 11.2. The van der Waals surface area contributed by atoms with Gasteiger partial charge in [-0.15, -0.1) is 10.2 Å². The van der Waals surface area contributed by atoms with E-state index in [2.05, 4.69) is 10.2 Å². The van der Waals surface area contributed by atoms with E-state index in [0.717, 1.165) is 11.1 Å². The van der Waals surface area contributed by atoms with Crippen LogP contribution in [0, 0.1) is 0 Å². The molecule has 23 heavy (non-hydrogen) atoms. The Hall–Kier alpha value is -3.02. The summed E-state index contributed by atoms with van der Waals surface area (Å²) in [6, 6.07) is 12.7. The third-order valence-corrected chi connectivity index (χ3v) is 3.29. The van der Waals surface area contributed by atoms with Gasteiger partial charge in [0.25, 0.3) is 0 Å². The quantitative estimate of drug-likeness (QED) is 0.727. The molecule has 0 fully saturated rings. The number of anilines is 1. The number of ether oxygens (including phenoxy) is 2. The molecule has 3 aromatic rings. The maximum atomic E-state index is 5.74. The van der Waals surface area contributed by atoms with Crippen molar-refractivity contribution < 1.29 is 13.9 Å². The Morgan fingerprint density at radius 1 is 0.957 bits per heavy atom. The van der Waals surface area contributed by atoms with Crippen LogP contribution in [0.2, 0.25) is 0 Å². The van der Waals surface area contributed by atoms with Crippen LogP contribution in [0.3, 0.4) is 0 Å². The molecule has 6 heteroatoms. The molecule has 3 rings (SSSR count). The molecule has 0 saturated carbocycles. The topological polar surface area (TPSA) is 83.4 Å². The van der Waals surface area contributed by atoms with Gasteiger partial charge in [0.1, 0.15) is 0 Å². The first kappa shape index (κ1) is 14.9. The highest BCUT2D eigenvalue weighted by molar-refractivity contribution is 5.62. The molecule has 0 unspecified atom stereocenters. The van der Waals surface area contributed by atoms with Gasteiger partial charge in [0, 0.05) is 16.8 Å². The molecule has 0 saturated heterocycles. The highest BCUT2D eigenvalue weighted by atomic mass is 16.5. The Bertz CT molecular complexity index is 797. The summed E-state index contributed by atoms with van der Waals surface area (Å²) < 4.78 is 16.6. The van der Waals surface area contributed by atoms with E-state index < -0.39 is 0 Å². The van der Waals surface area contributed by atoms with E-state index >= 15 is 0 Å². The van der Waals surface area contributed by atoms with Crippen LogP contribution in [-0.2, 0) is 0 Å². The molecule has 0 aliphatic heterocycles. The van der Waals surface area contributed by atoms with Gasteiger partial charge in [0.2, 0.25) is 11.8 Å². The lowest BCUT2D eigenvalue weighted by atomic mass is 10.2. The van der Waals surface area contributed by atoms with Crippen LogP contribution in [0.25, 0.3) is 22.9 Å². The molecular weight excluding hydrogens is 294 g/mol. The zero-order valence-corrected chi connectivity index (χ0v) is 12.9. The van der Waals surface area contributed by atoms with Crippen molar-refractivity contribution in [2.45, 2.75) is 6.92 Å². The zero-order valence-electron chi connectivity index (χ0n) is 12.9. The van der Waals surface area contributed by atoms with Crippen molar-refractivity contribution >= 4 is 5.69 Å². The number of hydrogen-bond donors (Lipinski definition) is 1. The molecule has 0 bridgehead atoms. The number of aromatic nitrogens is 2. The van der Waals surface area contributed by atoms with Crippen molar-refractivity contribution in [1.82, 2.24) is 10.2 Å². The maximum absolute atomic E-state index is 5.74. The average Bonchev–Trinajstić information content (AvgIpc) is 3.06. The predicted molar refractivity (Wildman–Crippen MR) is 87.3 cm³/mol. The number of methoxy groups -OCH3 is 1. The predicted octanol–water partition coefficient (Wildman–Crippen LogP) is 3.39. The lowest BCUT2D eigenvalue weighted by molar-refractivity contribution is 0.311. The molecule has 1 aromatic heterocycles. The van der Waals surface area contributed by atoms with Gasteiger partial charge >= 0.3 is 0 Å². The largest absolute Gasteiger partial charge is 0.493 e. The number of nitrogens with two attached hydrogens (primary N) is 1. The number of rotatable bonds is 5. The highest BCUT2D eigenvalue weighted by Crippen LogP contribution is 2.33. The summed E-state index contributed by atoms with van der Waals surface area (Å²) in [5.41, 5.74) is 7.94. The standard InChI is InChI=1S/C17H17N3O3/c1-3-22-14-9-6-12(10-15(14)21-2)17-20-19-16(23-17)11-4-7-13(18)8-5-11/h4-10H,3,18H2,1-2H3. The summed E-state index contributed by atoms with van der Waals surface area (Å²) in [5.74, 6) is 2.15. The molecule has 1 heterocycles. The molecular formula is C17H17N3O3. The van der Waals surface area contributed by atoms with Gasteiger partial charge < -0.3 is 19.6 Å². The van der Waals surface area contributed by atoms with Gasteiger partial charge in [-0.2, -0.15) is 0 Å². The lowest BCUT2D eigenvalue weighted by Gasteiger charge is -2.09. The fourth-order valence-electron chi connectivity index (χ4n) is 2.16. The second-order valence-electron chi connectivity index (χ2n) is 4.83. The van der Waals surface area contributed by atoms with Crippen LogP contribution >= 0.6 is 0 Å². The second-order valence-corrected chi connectivity index (χ2v) is 4.83. The summed E-state index contributed by atoms with van der Waals surface area (Å²) in [6.07, 6.45) is 0. The molecule has 0 amide bonds. The summed E-state index contributed by atoms with van der Waals surface area (Å²) in [6.45, 7) is 2.49. The fraction of sp³-hybridized carbons (Fsp3) is 0.176. The minimum Gasteiger partial charge on any atom is -0.493 e. The average molecular weight is 311 g/mol. The number of nitrogens with zero attached hydrogens (tertiary/aromatic N) is 2. The molecule has 0 radical (unpaired) electrons. The zero-order chi connectivity index (χ0) is 16.2. The molecule has 0 aliphatic rings. The van der Waals surface area contributed by atoms with Gasteiger partial charge in [-0.25, -0.2) is 0 Å². The van der Waals surface area contributed by atoms with Crippen molar-refractivity contribution in [3.63, 3.8) is 0 Å². The van der Waals surface area contributed by atoms with E-state index in [1.165, 1.54) is 0 Å². The number of hydrogen-bond acceptors (Lipinski definition) is 6. The summed E-state index contributed by atoms with van der Waals surface area (Å²) in [7, 11) is 1.59. The molecule has 2 N–H and O–H groups in total. The molecule has 118 valence electrons. The molecule has 2 aromatic carbocycles. The van der Waals surface area contributed by atoms with E-state index in [1.807, 2.05) is 37.3 Å². The first-order valence-corrected chi connectivity index (χ1v) is 7.22. The third kappa shape index (κ3) is 3.11. The van der Waals surface area contributed by atoms with E-state index in [9.17, 15) is 0 Å². The van der Waals surface area contributed by atoms with E-state index in [0.29, 0.717) is 35.6 Å². The van der Waals surface area contributed by atoms with Gasteiger partial charge in [-0.3, -0.25) is 0 Å². The second kappa shape index (κ2) is 6.39. The van der Waals surface area contributed by atoms with Crippen molar-refractivity contribution in [3.8, 4) is 34.4 Å². The van der Waals surface area contributed by atoms with Crippen molar-refractivity contribution in [2.75, 3.05) is 19.5 Å². The minimum atomic E-state index is 0.415. The summed E-state index contributed by atoms with van der Waals surface area (Å²) in [4.78, 5) is 0. The Kier molecular flexibility index (Phi) is 4.14. The van der Waals surface area contributed by atoms with Crippen molar-refractivity contribution in [3.05, 3.63) is 42.5 Å². The van der Waals surface area contributed by atoms with Gasteiger partial charge in [-0.1, -0.05) is 0 Å². The smallest absolute Gasteiger partial charge is 0.248 e. The van der Waals surface area contributed by atoms with Crippen LogP contribution < -0.4 is 15.2 Å². The molecule has 0 aliphatic carbocycles. The summed E-state index contributed by atoms with van der Waals surface area (Å²) >= 11 is 0. The number of nitrogen functional groups attached to an aromatic ring is 1. The van der Waals surface area contributed by atoms with Gasteiger partial charge in [0.15, 0.2) is 11.5 Å². The van der Waals surface area contributed by atoms with Crippen LogP contribution in [-0.4, -0.2) is 23.9 Å². The lowest BCUT2D eigenvalue weighted by Crippen LogP contribution is -1.95. The first-order valence-electron chi connectivity index (χ1n) is 7.22. The minimum absolute atomic E-state index is 0.415. The Morgan fingerprint density at radius 2 is 1.61 bits per heavy atom. The Morgan fingerprint density at radius 3 is 2.26 bits per heavy atom.